The Morgan fingerprint density at radius 3 is 2.81 bits per heavy atom. The number of aryl methyl sites for hydroxylation is 1. The van der Waals surface area contributed by atoms with E-state index in [-0.39, 0.29) is 0 Å². The molecule has 1 aromatic heterocycles. The highest BCUT2D eigenvalue weighted by atomic mass is 79.9. The second kappa shape index (κ2) is 4.76. The number of rotatable bonds is 3. The summed E-state index contributed by atoms with van der Waals surface area (Å²) < 4.78 is 6.52. The highest BCUT2D eigenvalue weighted by Crippen LogP contribution is 2.23. The molecule has 0 fully saturated rings. The molecule has 0 unspecified atom stereocenters. The number of hydrogen-bond donors (Lipinski definition) is 1. The second-order valence-electron chi connectivity index (χ2n) is 3.55. The third-order valence-corrected chi connectivity index (χ3v) is 2.54. The topological polar surface area (TPSA) is 51.0 Å². The summed E-state index contributed by atoms with van der Waals surface area (Å²) in [7, 11) is 1.84. The monoisotopic (exact) mass is 281 g/mol. The third-order valence-electron chi connectivity index (χ3n) is 2.08. The molecular formula is C11H12BrN3O. The molecule has 1 N–H and O–H groups in total. The molecule has 0 radical (unpaired) electrons. The van der Waals surface area contributed by atoms with Crippen molar-refractivity contribution < 1.29 is 4.42 Å². The van der Waals surface area contributed by atoms with Crippen molar-refractivity contribution in [1.82, 2.24) is 15.5 Å². The van der Waals surface area contributed by atoms with Crippen molar-refractivity contribution in [2.75, 3.05) is 7.05 Å². The van der Waals surface area contributed by atoms with E-state index in [1.165, 1.54) is 0 Å². The molecule has 2 aromatic rings. The SMILES string of the molecule is CNCc1nnc(-c2cc(C)cc(Br)c2)o1. The third kappa shape index (κ3) is 2.48. The minimum Gasteiger partial charge on any atom is -0.419 e. The van der Waals surface area contributed by atoms with E-state index in [0.717, 1.165) is 15.6 Å². The van der Waals surface area contributed by atoms with E-state index in [1.807, 2.05) is 32.2 Å². The highest BCUT2D eigenvalue weighted by Gasteiger charge is 2.08. The van der Waals surface area contributed by atoms with Crippen LogP contribution in [0.3, 0.4) is 0 Å². The van der Waals surface area contributed by atoms with Crippen LogP contribution in [0.15, 0.2) is 27.1 Å². The summed E-state index contributed by atoms with van der Waals surface area (Å²) in [6.45, 7) is 2.61. The Morgan fingerprint density at radius 2 is 2.12 bits per heavy atom. The molecule has 84 valence electrons. The van der Waals surface area contributed by atoms with Crippen LogP contribution in [-0.2, 0) is 6.54 Å². The van der Waals surface area contributed by atoms with Gasteiger partial charge < -0.3 is 9.73 Å². The largest absolute Gasteiger partial charge is 0.419 e. The number of halogens is 1. The van der Waals surface area contributed by atoms with Gasteiger partial charge in [0.25, 0.3) is 0 Å². The van der Waals surface area contributed by atoms with Crippen molar-refractivity contribution in [2.24, 2.45) is 0 Å². The van der Waals surface area contributed by atoms with E-state index in [2.05, 4.69) is 31.4 Å². The zero-order valence-electron chi connectivity index (χ0n) is 9.12. The maximum absolute atomic E-state index is 5.51. The molecule has 0 aliphatic heterocycles. The minimum atomic E-state index is 0.551. The lowest BCUT2D eigenvalue weighted by Crippen LogP contribution is -2.04. The van der Waals surface area contributed by atoms with Gasteiger partial charge >= 0.3 is 0 Å². The number of nitrogens with zero attached hydrogens (tertiary/aromatic N) is 2. The summed E-state index contributed by atoms with van der Waals surface area (Å²) in [4.78, 5) is 0. The van der Waals surface area contributed by atoms with Gasteiger partial charge in [-0.15, -0.1) is 10.2 Å². The van der Waals surface area contributed by atoms with Gasteiger partial charge in [0.2, 0.25) is 11.8 Å². The van der Waals surface area contributed by atoms with E-state index in [0.29, 0.717) is 18.3 Å². The Balaban J connectivity index is 2.34. The van der Waals surface area contributed by atoms with Gasteiger partial charge in [-0.1, -0.05) is 15.9 Å². The number of aromatic nitrogens is 2. The molecule has 0 saturated heterocycles. The van der Waals surface area contributed by atoms with E-state index in [4.69, 9.17) is 4.42 Å². The van der Waals surface area contributed by atoms with E-state index in [1.54, 1.807) is 0 Å². The molecule has 0 atom stereocenters. The van der Waals surface area contributed by atoms with Crippen molar-refractivity contribution in [3.8, 4) is 11.5 Å². The van der Waals surface area contributed by atoms with Gasteiger partial charge in [0, 0.05) is 10.0 Å². The lowest BCUT2D eigenvalue weighted by Gasteiger charge is -1.99. The molecule has 0 aliphatic carbocycles. The first-order valence-electron chi connectivity index (χ1n) is 4.93. The lowest BCUT2D eigenvalue weighted by atomic mass is 10.1. The first-order valence-corrected chi connectivity index (χ1v) is 5.73. The van der Waals surface area contributed by atoms with Crippen LogP contribution in [0.5, 0.6) is 0 Å². The minimum absolute atomic E-state index is 0.551. The molecule has 1 aromatic carbocycles. The fourth-order valence-corrected chi connectivity index (χ4v) is 2.06. The van der Waals surface area contributed by atoms with Crippen LogP contribution in [0.4, 0.5) is 0 Å². The number of nitrogens with one attached hydrogen (secondary N) is 1. The van der Waals surface area contributed by atoms with Gasteiger partial charge in [0.1, 0.15) is 0 Å². The molecule has 16 heavy (non-hydrogen) atoms. The fraction of sp³-hybridized carbons (Fsp3) is 0.273. The summed E-state index contributed by atoms with van der Waals surface area (Å²) in [5.74, 6) is 1.14. The predicted octanol–water partition coefficient (Wildman–Crippen LogP) is 2.53. The molecule has 0 amide bonds. The Kier molecular flexibility index (Phi) is 3.36. The van der Waals surface area contributed by atoms with Crippen molar-refractivity contribution >= 4 is 15.9 Å². The summed E-state index contributed by atoms with van der Waals surface area (Å²) in [5, 5.41) is 10.9. The van der Waals surface area contributed by atoms with Crippen LogP contribution in [0, 0.1) is 6.92 Å². The molecule has 0 bridgehead atoms. The zero-order chi connectivity index (χ0) is 11.5. The summed E-state index contributed by atoms with van der Waals surface area (Å²) in [5.41, 5.74) is 2.08. The zero-order valence-corrected chi connectivity index (χ0v) is 10.7. The van der Waals surface area contributed by atoms with Gasteiger partial charge in [-0.2, -0.15) is 0 Å². The highest BCUT2D eigenvalue weighted by molar-refractivity contribution is 9.10. The van der Waals surface area contributed by atoms with E-state index < -0.39 is 0 Å². The Morgan fingerprint density at radius 1 is 1.31 bits per heavy atom. The second-order valence-corrected chi connectivity index (χ2v) is 4.46. The number of benzene rings is 1. The average molecular weight is 282 g/mol. The molecule has 5 heteroatoms. The summed E-state index contributed by atoms with van der Waals surface area (Å²) >= 11 is 3.45. The van der Waals surface area contributed by atoms with Crippen LogP contribution in [0.25, 0.3) is 11.5 Å². The molecule has 0 saturated carbocycles. The summed E-state index contributed by atoms with van der Waals surface area (Å²) in [6, 6.07) is 6.01. The molecular weight excluding hydrogens is 270 g/mol. The standard InChI is InChI=1S/C11H12BrN3O/c1-7-3-8(5-9(12)4-7)11-15-14-10(16-11)6-13-2/h3-5,13H,6H2,1-2H3. The Bertz CT molecular complexity index is 475. The van der Waals surface area contributed by atoms with Crippen molar-refractivity contribution in [1.29, 1.82) is 0 Å². The van der Waals surface area contributed by atoms with Crippen LogP contribution >= 0.6 is 15.9 Å². The first kappa shape index (κ1) is 11.3. The maximum atomic E-state index is 5.51. The first-order chi connectivity index (χ1) is 7.69. The average Bonchev–Trinajstić information content (AvgIpc) is 2.65. The van der Waals surface area contributed by atoms with Gasteiger partial charge in [-0.3, -0.25) is 0 Å². The van der Waals surface area contributed by atoms with Gasteiger partial charge in [0.05, 0.1) is 6.54 Å². The lowest BCUT2D eigenvalue weighted by molar-refractivity contribution is 0.490. The van der Waals surface area contributed by atoms with Crippen LogP contribution in [-0.4, -0.2) is 17.2 Å². The van der Waals surface area contributed by atoms with Gasteiger partial charge in [-0.05, 0) is 37.7 Å². The molecule has 2 rings (SSSR count). The normalized spacial score (nSPS) is 10.7. The summed E-state index contributed by atoms with van der Waals surface area (Å²) in [6.07, 6.45) is 0. The Labute approximate surface area is 102 Å². The smallest absolute Gasteiger partial charge is 0.247 e. The van der Waals surface area contributed by atoms with Crippen molar-refractivity contribution in [3.63, 3.8) is 0 Å². The van der Waals surface area contributed by atoms with E-state index in [9.17, 15) is 0 Å². The molecule has 0 spiro atoms. The fourth-order valence-electron chi connectivity index (χ4n) is 1.45. The number of hydrogen-bond acceptors (Lipinski definition) is 4. The quantitative estimate of drug-likeness (QED) is 0.939. The van der Waals surface area contributed by atoms with E-state index >= 15 is 0 Å². The van der Waals surface area contributed by atoms with Gasteiger partial charge in [-0.25, -0.2) is 0 Å². The van der Waals surface area contributed by atoms with Crippen LogP contribution in [0.1, 0.15) is 11.5 Å². The van der Waals surface area contributed by atoms with Crippen LogP contribution in [0.2, 0.25) is 0 Å². The van der Waals surface area contributed by atoms with Gasteiger partial charge in [0.15, 0.2) is 0 Å². The van der Waals surface area contributed by atoms with Crippen molar-refractivity contribution in [2.45, 2.75) is 13.5 Å². The molecule has 0 aliphatic rings. The molecule has 4 nitrogen and oxygen atoms in total. The Hall–Kier alpha value is -1.20. The van der Waals surface area contributed by atoms with Crippen molar-refractivity contribution in [3.05, 3.63) is 34.1 Å². The molecule has 1 heterocycles. The maximum Gasteiger partial charge on any atom is 0.247 e. The van der Waals surface area contributed by atoms with Crippen LogP contribution < -0.4 is 5.32 Å². The predicted molar refractivity (Wildman–Crippen MR) is 64.9 cm³/mol.